The highest BCUT2D eigenvalue weighted by Gasteiger charge is 2.30. The van der Waals surface area contributed by atoms with Crippen molar-refractivity contribution in [2.75, 3.05) is 24.6 Å². The number of carbonyl (C=O) groups excluding carboxylic acids is 1. The molecule has 0 radical (unpaired) electrons. The SMILES string of the molecule is Cc1cc(N)nn1CCOc1ccc(C2C=C(c3cc(Cl)ccc3N)CCN2C(=O)Oc2ccc(F)cc2)cc1. The largest absolute Gasteiger partial charge is 0.492 e. The summed E-state index contributed by atoms with van der Waals surface area (Å²) in [6.07, 6.45) is 2.01. The van der Waals surface area contributed by atoms with Gasteiger partial charge in [0.05, 0.1) is 12.6 Å². The number of ether oxygens (including phenoxy) is 2. The minimum atomic E-state index is -0.542. The molecule has 8 nitrogen and oxygen atoms in total. The Morgan fingerprint density at radius 2 is 1.77 bits per heavy atom. The van der Waals surface area contributed by atoms with Gasteiger partial charge in [-0.25, -0.2) is 9.18 Å². The average Bonchev–Trinajstić information content (AvgIpc) is 3.27. The van der Waals surface area contributed by atoms with Gasteiger partial charge in [0.15, 0.2) is 0 Å². The molecule has 2 heterocycles. The highest BCUT2D eigenvalue weighted by Crippen LogP contribution is 2.37. The second-order valence-electron chi connectivity index (χ2n) is 9.48. The number of hydrogen-bond donors (Lipinski definition) is 2. The Kier molecular flexibility index (Phi) is 7.93. The average molecular weight is 562 g/mol. The van der Waals surface area contributed by atoms with Crippen LogP contribution in [0.15, 0.2) is 78.9 Å². The molecule has 10 heteroatoms. The van der Waals surface area contributed by atoms with Gasteiger partial charge in [0, 0.05) is 34.6 Å². The smallest absolute Gasteiger partial charge is 0.416 e. The molecule has 206 valence electrons. The number of nitrogen functional groups attached to an aromatic ring is 2. The van der Waals surface area contributed by atoms with E-state index in [4.69, 9.17) is 32.5 Å². The van der Waals surface area contributed by atoms with E-state index >= 15 is 0 Å². The van der Waals surface area contributed by atoms with Crippen LogP contribution in [0.3, 0.4) is 0 Å². The highest BCUT2D eigenvalue weighted by molar-refractivity contribution is 6.30. The Hall–Kier alpha value is -4.50. The monoisotopic (exact) mass is 561 g/mol. The Bertz CT molecular complexity index is 1540. The summed E-state index contributed by atoms with van der Waals surface area (Å²) in [7, 11) is 0. The van der Waals surface area contributed by atoms with E-state index in [1.54, 1.807) is 21.7 Å². The normalized spacial score (nSPS) is 15.0. The van der Waals surface area contributed by atoms with Crippen molar-refractivity contribution < 1.29 is 18.7 Å². The zero-order valence-corrected chi connectivity index (χ0v) is 22.6. The van der Waals surface area contributed by atoms with Gasteiger partial charge in [-0.1, -0.05) is 29.8 Å². The van der Waals surface area contributed by atoms with E-state index in [-0.39, 0.29) is 5.75 Å². The number of carbonyl (C=O) groups is 1. The highest BCUT2D eigenvalue weighted by atomic mass is 35.5. The Morgan fingerprint density at radius 3 is 2.48 bits per heavy atom. The molecule has 0 fully saturated rings. The van der Waals surface area contributed by atoms with Crippen LogP contribution in [0.5, 0.6) is 11.5 Å². The summed E-state index contributed by atoms with van der Waals surface area (Å²) in [5.74, 6) is 1.01. The fourth-order valence-corrected chi connectivity index (χ4v) is 4.86. The van der Waals surface area contributed by atoms with Crippen molar-refractivity contribution in [2.24, 2.45) is 0 Å². The standard InChI is InChI=1S/C30H29ClFN5O3/c1-19-16-29(34)35-37(19)14-15-39-24-7-2-20(3-8-24)28-17-21(26-18-22(31)4-11-27(26)33)12-13-36(28)30(38)40-25-9-5-23(32)6-10-25/h2-11,16-18,28H,12-15,33H2,1H3,(H2,34,35). The lowest BCUT2D eigenvalue weighted by Gasteiger charge is -2.34. The van der Waals surface area contributed by atoms with Crippen molar-refractivity contribution in [1.29, 1.82) is 0 Å². The zero-order chi connectivity index (χ0) is 28.2. The summed E-state index contributed by atoms with van der Waals surface area (Å²) in [5.41, 5.74) is 16.3. The van der Waals surface area contributed by atoms with E-state index in [1.807, 2.05) is 49.4 Å². The first-order chi connectivity index (χ1) is 19.3. The molecule has 4 aromatic rings. The first kappa shape index (κ1) is 27.1. The molecule has 40 heavy (non-hydrogen) atoms. The van der Waals surface area contributed by atoms with Gasteiger partial charge in [-0.15, -0.1) is 0 Å². The summed E-state index contributed by atoms with van der Waals surface area (Å²) < 4.78 is 26.6. The fourth-order valence-electron chi connectivity index (χ4n) is 4.69. The van der Waals surface area contributed by atoms with Gasteiger partial charge in [-0.3, -0.25) is 9.58 Å². The maximum absolute atomic E-state index is 13.3. The van der Waals surface area contributed by atoms with Crippen molar-refractivity contribution in [3.05, 3.63) is 107 Å². The first-order valence-electron chi connectivity index (χ1n) is 12.8. The number of nitrogens with zero attached hydrogens (tertiary/aromatic N) is 3. The third-order valence-electron chi connectivity index (χ3n) is 6.73. The van der Waals surface area contributed by atoms with Gasteiger partial charge < -0.3 is 20.9 Å². The number of benzene rings is 3. The van der Waals surface area contributed by atoms with Crippen molar-refractivity contribution >= 4 is 34.8 Å². The Labute approximate surface area is 236 Å². The van der Waals surface area contributed by atoms with Crippen LogP contribution < -0.4 is 20.9 Å². The predicted octanol–water partition coefficient (Wildman–Crippen LogP) is 6.26. The minimum Gasteiger partial charge on any atom is -0.492 e. The van der Waals surface area contributed by atoms with E-state index in [0.717, 1.165) is 22.4 Å². The summed E-state index contributed by atoms with van der Waals surface area (Å²) in [4.78, 5) is 14.9. The van der Waals surface area contributed by atoms with Crippen molar-refractivity contribution in [3.8, 4) is 11.5 Å². The van der Waals surface area contributed by atoms with Crippen LogP contribution in [0.1, 0.15) is 29.3 Å². The molecular formula is C30H29ClFN5O3. The van der Waals surface area contributed by atoms with E-state index in [1.165, 1.54) is 24.3 Å². The molecule has 0 bridgehead atoms. The maximum atomic E-state index is 13.3. The molecule has 5 rings (SSSR count). The number of aryl methyl sites for hydroxylation is 1. The first-order valence-corrected chi connectivity index (χ1v) is 13.2. The number of halogens is 2. The van der Waals surface area contributed by atoms with Crippen molar-refractivity contribution in [2.45, 2.75) is 25.9 Å². The van der Waals surface area contributed by atoms with Crippen LogP contribution in [0.2, 0.25) is 5.02 Å². The van der Waals surface area contributed by atoms with Gasteiger partial charge in [0.2, 0.25) is 0 Å². The minimum absolute atomic E-state index is 0.261. The van der Waals surface area contributed by atoms with Gasteiger partial charge in [-0.05, 0) is 79.1 Å². The molecule has 1 aliphatic rings. The van der Waals surface area contributed by atoms with Gasteiger partial charge in [0.25, 0.3) is 0 Å². The van der Waals surface area contributed by atoms with Crippen LogP contribution in [0, 0.1) is 12.7 Å². The second-order valence-corrected chi connectivity index (χ2v) is 9.92. The third-order valence-corrected chi connectivity index (χ3v) is 6.96. The lowest BCUT2D eigenvalue weighted by atomic mass is 9.91. The number of hydrogen-bond acceptors (Lipinski definition) is 6. The fraction of sp³-hybridized carbons (Fsp3) is 0.200. The van der Waals surface area contributed by atoms with Crippen molar-refractivity contribution in [1.82, 2.24) is 14.7 Å². The second kappa shape index (κ2) is 11.7. The van der Waals surface area contributed by atoms with E-state index in [9.17, 15) is 9.18 Å². The molecule has 1 aromatic heterocycles. The number of aromatic nitrogens is 2. The predicted molar refractivity (Wildman–Crippen MR) is 154 cm³/mol. The number of anilines is 2. The topological polar surface area (TPSA) is 109 Å². The summed E-state index contributed by atoms with van der Waals surface area (Å²) in [6.45, 7) is 3.30. The van der Waals surface area contributed by atoms with Gasteiger partial charge >= 0.3 is 6.09 Å². The van der Waals surface area contributed by atoms with Crippen LogP contribution >= 0.6 is 11.6 Å². The molecule has 0 saturated carbocycles. The summed E-state index contributed by atoms with van der Waals surface area (Å²) in [6, 6.07) is 19.6. The van der Waals surface area contributed by atoms with Crippen LogP contribution in [-0.2, 0) is 6.54 Å². The van der Waals surface area contributed by atoms with Crippen molar-refractivity contribution in [3.63, 3.8) is 0 Å². The maximum Gasteiger partial charge on any atom is 0.416 e. The van der Waals surface area contributed by atoms with Gasteiger partial charge in [0.1, 0.15) is 29.7 Å². The molecule has 0 spiro atoms. The summed E-state index contributed by atoms with van der Waals surface area (Å²) in [5, 5.41) is 4.82. The van der Waals surface area contributed by atoms with E-state index in [2.05, 4.69) is 5.10 Å². The molecular weight excluding hydrogens is 533 g/mol. The lowest BCUT2D eigenvalue weighted by Crippen LogP contribution is -2.39. The molecule has 1 aliphatic heterocycles. The van der Waals surface area contributed by atoms with Crippen LogP contribution in [-0.4, -0.2) is 33.9 Å². The summed E-state index contributed by atoms with van der Waals surface area (Å²) >= 11 is 6.26. The van der Waals surface area contributed by atoms with E-state index in [0.29, 0.717) is 48.4 Å². The Balaban J connectivity index is 1.37. The molecule has 1 unspecified atom stereocenters. The quantitative estimate of drug-likeness (QED) is 0.258. The molecule has 0 aliphatic carbocycles. The molecule has 0 saturated heterocycles. The number of rotatable bonds is 7. The number of amides is 1. The number of nitrogens with two attached hydrogens (primary N) is 2. The third kappa shape index (κ3) is 6.21. The van der Waals surface area contributed by atoms with Gasteiger partial charge in [-0.2, -0.15) is 5.10 Å². The molecule has 1 amide bonds. The molecule has 3 aromatic carbocycles. The molecule has 4 N–H and O–H groups in total. The van der Waals surface area contributed by atoms with E-state index < -0.39 is 18.0 Å². The zero-order valence-electron chi connectivity index (χ0n) is 21.9. The van der Waals surface area contributed by atoms with Crippen LogP contribution in [0.4, 0.5) is 20.7 Å². The lowest BCUT2D eigenvalue weighted by molar-refractivity contribution is 0.140. The van der Waals surface area contributed by atoms with Crippen LogP contribution in [0.25, 0.3) is 5.57 Å². The Morgan fingerprint density at radius 1 is 1.05 bits per heavy atom. The molecule has 1 atom stereocenters.